The second-order valence-corrected chi connectivity index (χ2v) is 4.42. The van der Waals surface area contributed by atoms with E-state index in [1.165, 1.54) is 5.56 Å². The number of benzene rings is 1. The molecule has 0 amide bonds. The predicted octanol–water partition coefficient (Wildman–Crippen LogP) is 1.45. The quantitative estimate of drug-likeness (QED) is 0.662. The summed E-state index contributed by atoms with van der Waals surface area (Å²) in [5, 5.41) is 0. The molecule has 0 radical (unpaired) electrons. The Balaban J connectivity index is 2.27. The lowest BCUT2D eigenvalue weighted by atomic mass is 9.92. The Labute approximate surface area is 96.1 Å². The summed E-state index contributed by atoms with van der Waals surface area (Å²) in [7, 11) is 1.64. The zero-order valence-corrected chi connectivity index (χ0v) is 9.95. The average molecular weight is 221 g/mol. The lowest BCUT2D eigenvalue weighted by Gasteiger charge is -2.17. The Hall–Kier alpha value is -1.26. The Bertz CT molecular complexity index is 381. The zero-order chi connectivity index (χ0) is 11.7. The molecule has 3 atom stereocenters. The number of nitrogen functional groups attached to an aromatic ring is 1. The number of rotatable bonds is 2. The molecular weight excluding hydrogens is 202 g/mol. The van der Waals surface area contributed by atoms with Crippen molar-refractivity contribution < 1.29 is 4.74 Å². The van der Waals surface area contributed by atoms with Crippen LogP contribution in [-0.2, 0) is 0 Å². The molecule has 1 aliphatic rings. The van der Waals surface area contributed by atoms with Crippen molar-refractivity contribution in [1.29, 1.82) is 0 Å². The van der Waals surface area contributed by atoms with E-state index in [9.17, 15) is 0 Å². The van der Waals surface area contributed by atoms with Crippen molar-refractivity contribution in [3.8, 4) is 5.75 Å². The number of ether oxygens (including phenoxy) is 1. The lowest BCUT2D eigenvalue weighted by molar-refractivity contribution is 0.413. The van der Waals surface area contributed by atoms with Crippen molar-refractivity contribution in [2.24, 2.45) is 5.92 Å². The standard InChI is InChI=1S/C12H19N3O/c1-7-8(2)14-15-12(7)9-4-5-10(13)11(6-9)16-3/h4-8,12,14-15H,13H2,1-3H3. The van der Waals surface area contributed by atoms with Gasteiger partial charge < -0.3 is 10.5 Å². The first kappa shape index (κ1) is 11.2. The predicted molar refractivity (Wildman–Crippen MR) is 65.0 cm³/mol. The Morgan fingerprint density at radius 2 is 2.00 bits per heavy atom. The summed E-state index contributed by atoms with van der Waals surface area (Å²) in [6.45, 7) is 4.40. The minimum absolute atomic E-state index is 0.310. The van der Waals surface area contributed by atoms with Crippen LogP contribution in [0.4, 0.5) is 5.69 Å². The first-order chi connectivity index (χ1) is 7.63. The molecular formula is C12H19N3O. The van der Waals surface area contributed by atoms with Gasteiger partial charge in [-0.25, -0.2) is 5.43 Å². The Kier molecular flexibility index (Phi) is 3.03. The van der Waals surface area contributed by atoms with E-state index in [4.69, 9.17) is 10.5 Å². The first-order valence-corrected chi connectivity index (χ1v) is 5.58. The molecule has 16 heavy (non-hydrogen) atoms. The second-order valence-electron chi connectivity index (χ2n) is 4.42. The van der Waals surface area contributed by atoms with Crippen LogP contribution in [0.2, 0.25) is 0 Å². The molecule has 0 spiro atoms. The van der Waals surface area contributed by atoms with E-state index in [2.05, 4.69) is 24.7 Å². The molecule has 0 bridgehead atoms. The van der Waals surface area contributed by atoms with E-state index in [0.717, 1.165) is 5.75 Å². The van der Waals surface area contributed by atoms with Gasteiger partial charge in [0.25, 0.3) is 0 Å². The number of methoxy groups -OCH3 is 1. The molecule has 4 N–H and O–H groups in total. The van der Waals surface area contributed by atoms with E-state index in [1.54, 1.807) is 7.11 Å². The first-order valence-electron chi connectivity index (χ1n) is 5.58. The highest BCUT2D eigenvalue weighted by atomic mass is 16.5. The van der Waals surface area contributed by atoms with Gasteiger partial charge in [0.15, 0.2) is 0 Å². The van der Waals surface area contributed by atoms with Crippen LogP contribution in [-0.4, -0.2) is 13.2 Å². The minimum atomic E-state index is 0.310. The van der Waals surface area contributed by atoms with Gasteiger partial charge in [0.2, 0.25) is 0 Å². The molecule has 1 saturated heterocycles. The molecule has 4 nitrogen and oxygen atoms in total. The van der Waals surface area contributed by atoms with Gasteiger partial charge in [-0.15, -0.1) is 0 Å². The fourth-order valence-corrected chi connectivity index (χ4v) is 2.08. The van der Waals surface area contributed by atoms with E-state index in [-0.39, 0.29) is 0 Å². The SMILES string of the molecule is COc1cc(C2NNC(C)C2C)ccc1N. The summed E-state index contributed by atoms with van der Waals surface area (Å²) < 4.78 is 5.23. The van der Waals surface area contributed by atoms with Gasteiger partial charge >= 0.3 is 0 Å². The van der Waals surface area contributed by atoms with Crippen molar-refractivity contribution >= 4 is 5.69 Å². The van der Waals surface area contributed by atoms with Crippen molar-refractivity contribution in [2.75, 3.05) is 12.8 Å². The third-order valence-corrected chi connectivity index (χ3v) is 3.40. The zero-order valence-electron chi connectivity index (χ0n) is 9.95. The fourth-order valence-electron chi connectivity index (χ4n) is 2.08. The Morgan fingerprint density at radius 1 is 1.25 bits per heavy atom. The summed E-state index contributed by atoms with van der Waals surface area (Å²) in [4.78, 5) is 0. The van der Waals surface area contributed by atoms with Crippen molar-refractivity contribution in [1.82, 2.24) is 10.9 Å². The highest BCUT2D eigenvalue weighted by Gasteiger charge is 2.30. The van der Waals surface area contributed by atoms with E-state index >= 15 is 0 Å². The van der Waals surface area contributed by atoms with Gasteiger partial charge in [0, 0.05) is 6.04 Å². The van der Waals surface area contributed by atoms with Crippen LogP contribution in [0.5, 0.6) is 5.75 Å². The average Bonchev–Trinajstić information content (AvgIpc) is 2.61. The number of anilines is 1. The molecule has 88 valence electrons. The fraction of sp³-hybridized carbons (Fsp3) is 0.500. The van der Waals surface area contributed by atoms with Crippen LogP contribution in [0.25, 0.3) is 0 Å². The van der Waals surface area contributed by atoms with Crippen molar-refractivity contribution in [3.63, 3.8) is 0 Å². The smallest absolute Gasteiger partial charge is 0.142 e. The third-order valence-electron chi connectivity index (χ3n) is 3.40. The summed E-state index contributed by atoms with van der Waals surface area (Å²) in [6.07, 6.45) is 0. The summed E-state index contributed by atoms with van der Waals surface area (Å²) in [5.41, 5.74) is 14.2. The summed E-state index contributed by atoms with van der Waals surface area (Å²) >= 11 is 0. The molecule has 0 saturated carbocycles. The highest BCUT2D eigenvalue weighted by Crippen LogP contribution is 2.32. The van der Waals surface area contributed by atoms with E-state index in [0.29, 0.717) is 23.7 Å². The molecule has 1 fully saturated rings. The third kappa shape index (κ3) is 1.86. The van der Waals surface area contributed by atoms with Gasteiger partial charge in [0.1, 0.15) is 5.75 Å². The van der Waals surface area contributed by atoms with Crippen molar-refractivity contribution in [3.05, 3.63) is 23.8 Å². The van der Waals surface area contributed by atoms with Gasteiger partial charge in [-0.05, 0) is 30.5 Å². The molecule has 4 heteroatoms. The molecule has 1 heterocycles. The number of hydrogen-bond donors (Lipinski definition) is 3. The maximum absolute atomic E-state index is 5.80. The molecule has 3 unspecified atom stereocenters. The van der Waals surface area contributed by atoms with Gasteiger partial charge in [0.05, 0.1) is 18.8 Å². The maximum atomic E-state index is 5.80. The molecule has 1 aromatic rings. The molecule has 1 aliphatic heterocycles. The largest absolute Gasteiger partial charge is 0.495 e. The van der Waals surface area contributed by atoms with Crippen molar-refractivity contribution in [2.45, 2.75) is 25.9 Å². The topological polar surface area (TPSA) is 59.3 Å². The highest BCUT2D eigenvalue weighted by molar-refractivity contribution is 5.54. The molecule has 1 aromatic carbocycles. The van der Waals surface area contributed by atoms with Gasteiger partial charge in [-0.1, -0.05) is 13.0 Å². The van der Waals surface area contributed by atoms with Gasteiger partial charge in [-0.3, -0.25) is 5.43 Å². The van der Waals surface area contributed by atoms with Gasteiger partial charge in [-0.2, -0.15) is 0 Å². The number of hydrogen-bond acceptors (Lipinski definition) is 4. The number of nitrogens with two attached hydrogens (primary N) is 1. The maximum Gasteiger partial charge on any atom is 0.142 e. The Morgan fingerprint density at radius 3 is 2.56 bits per heavy atom. The minimum Gasteiger partial charge on any atom is -0.495 e. The van der Waals surface area contributed by atoms with Crippen LogP contribution in [0.1, 0.15) is 25.5 Å². The molecule has 2 rings (SSSR count). The molecule has 0 aromatic heterocycles. The number of nitrogens with one attached hydrogen (secondary N) is 2. The van der Waals surface area contributed by atoms with Crippen LogP contribution < -0.4 is 21.3 Å². The molecule has 0 aliphatic carbocycles. The lowest BCUT2D eigenvalue weighted by Crippen LogP contribution is -2.29. The second kappa shape index (κ2) is 4.31. The van der Waals surface area contributed by atoms with Crippen LogP contribution >= 0.6 is 0 Å². The van der Waals surface area contributed by atoms with Crippen LogP contribution in [0.3, 0.4) is 0 Å². The van der Waals surface area contributed by atoms with Crippen LogP contribution in [0, 0.1) is 5.92 Å². The number of hydrazine groups is 1. The summed E-state index contributed by atoms with van der Waals surface area (Å²) in [6, 6.07) is 6.72. The van der Waals surface area contributed by atoms with Crippen LogP contribution in [0.15, 0.2) is 18.2 Å². The van der Waals surface area contributed by atoms with E-state index < -0.39 is 0 Å². The van der Waals surface area contributed by atoms with E-state index in [1.807, 2.05) is 18.2 Å². The monoisotopic (exact) mass is 221 g/mol. The summed E-state index contributed by atoms with van der Waals surface area (Å²) in [5.74, 6) is 1.28. The normalized spacial score (nSPS) is 29.3.